The third-order valence-corrected chi connectivity index (χ3v) is 5.19. The average molecular weight is 410 g/mol. The summed E-state index contributed by atoms with van der Waals surface area (Å²) >= 11 is 13.3. The third-order valence-electron chi connectivity index (χ3n) is 3.56. The van der Waals surface area contributed by atoms with Crippen LogP contribution >= 0.6 is 34.5 Å². The van der Waals surface area contributed by atoms with E-state index in [4.69, 9.17) is 23.2 Å². The summed E-state index contributed by atoms with van der Waals surface area (Å²) in [5.41, 5.74) is 1.15. The number of nitrogens with zero attached hydrogens (tertiary/aromatic N) is 4. The molecule has 0 radical (unpaired) electrons. The number of hydrogen-bond acceptors (Lipinski definition) is 5. The molecule has 0 saturated carbocycles. The maximum atomic E-state index is 12.4. The fourth-order valence-corrected chi connectivity index (χ4v) is 3.27. The number of hydrogen-bond donors (Lipinski definition) is 1. The maximum Gasteiger partial charge on any atom is 0.276 e. The molecule has 3 aromatic rings. The fourth-order valence-electron chi connectivity index (χ4n) is 2.18. The normalized spacial score (nSPS) is 11.1. The first-order valence-corrected chi connectivity index (χ1v) is 9.46. The summed E-state index contributed by atoms with van der Waals surface area (Å²) in [7, 11) is 4.00. The molecule has 0 saturated heterocycles. The quantitative estimate of drug-likeness (QED) is 0.664. The molecule has 1 aromatic carbocycles. The lowest BCUT2D eigenvalue weighted by molar-refractivity contribution is 0.102. The van der Waals surface area contributed by atoms with Gasteiger partial charge in [0.25, 0.3) is 5.91 Å². The lowest BCUT2D eigenvalue weighted by Gasteiger charge is -2.08. The Morgan fingerprint density at radius 1 is 1.27 bits per heavy atom. The van der Waals surface area contributed by atoms with Gasteiger partial charge in [0, 0.05) is 29.8 Å². The largest absolute Gasteiger partial charge is 0.308 e. The van der Waals surface area contributed by atoms with Gasteiger partial charge in [-0.25, -0.2) is 4.98 Å². The van der Waals surface area contributed by atoms with E-state index in [2.05, 4.69) is 20.3 Å². The molecule has 1 amide bonds. The van der Waals surface area contributed by atoms with E-state index in [1.807, 2.05) is 26.4 Å². The molecule has 0 bridgehead atoms. The first kappa shape index (κ1) is 18.8. The van der Waals surface area contributed by atoms with Crippen molar-refractivity contribution in [3.05, 3.63) is 51.6 Å². The maximum absolute atomic E-state index is 12.4. The standard InChI is InChI=1S/C17H17Cl2N5OS/c1-23(2)7-8-24-6-5-15(22-24)21-16(25)14-10-26-17(20-14)11-3-4-12(18)13(19)9-11/h3-6,9-10H,7-8H2,1-2H3,(H,21,22,25). The molecule has 6 nitrogen and oxygen atoms in total. The van der Waals surface area contributed by atoms with Crippen LogP contribution in [0.4, 0.5) is 5.82 Å². The highest BCUT2D eigenvalue weighted by Gasteiger charge is 2.14. The molecule has 0 aliphatic heterocycles. The SMILES string of the molecule is CN(C)CCn1ccc(NC(=O)c2csc(-c3ccc(Cl)c(Cl)c3)n2)n1. The molecule has 0 aliphatic rings. The summed E-state index contributed by atoms with van der Waals surface area (Å²) < 4.78 is 1.79. The first-order chi connectivity index (χ1) is 12.4. The highest BCUT2D eigenvalue weighted by molar-refractivity contribution is 7.13. The Hall–Kier alpha value is -1.93. The fraction of sp³-hybridized carbons (Fsp3) is 0.235. The van der Waals surface area contributed by atoms with Gasteiger partial charge in [-0.05, 0) is 26.2 Å². The number of carbonyl (C=O) groups excluding carboxylic acids is 1. The minimum atomic E-state index is -0.301. The summed E-state index contributed by atoms with van der Waals surface area (Å²) in [6, 6.07) is 7.03. The van der Waals surface area contributed by atoms with Crippen LogP contribution in [0.15, 0.2) is 35.8 Å². The number of amides is 1. The summed E-state index contributed by atoms with van der Waals surface area (Å²) in [5, 5.41) is 10.4. The van der Waals surface area contributed by atoms with Gasteiger partial charge in [0.1, 0.15) is 10.7 Å². The molecular weight excluding hydrogens is 393 g/mol. The predicted octanol–water partition coefficient (Wildman–Crippen LogP) is 4.13. The van der Waals surface area contributed by atoms with Crippen molar-refractivity contribution in [2.24, 2.45) is 0 Å². The number of likely N-dealkylation sites (N-methyl/N-ethyl adjacent to an activating group) is 1. The van der Waals surface area contributed by atoms with Crippen LogP contribution in [0.3, 0.4) is 0 Å². The molecule has 1 N–H and O–H groups in total. The van der Waals surface area contributed by atoms with E-state index >= 15 is 0 Å². The van der Waals surface area contributed by atoms with E-state index in [9.17, 15) is 4.79 Å². The van der Waals surface area contributed by atoms with E-state index in [1.54, 1.807) is 28.3 Å². The Balaban J connectivity index is 1.67. The van der Waals surface area contributed by atoms with Crippen molar-refractivity contribution in [2.45, 2.75) is 6.54 Å². The van der Waals surface area contributed by atoms with E-state index in [0.29, 0.717) is 26.6 Å². The topological polar surface area (TPSA) is 63.0 Å². The van der Waals surface area contributed by atoms with Crippen LogP contribution in [0.2, 0.25) is 10.0 Å². The number of rotatable bonds is 6. The zero-order valence-corrected chi connectivity index (χ0v) is 16.6. The van der Waals surface area contributed by atoms with Crippen LogP contribution in [0.1, 0.15) is 10.5 Å². The molecule has 0 spiro atoms. The van der Waals surface area contributed by atoms with Gasteiger partial charge in [-0.15, -0.1) is 11.3 Å². The van der Waals surface area contributed by atoms with Crippen molar-refractivity contribution >= 4 is 46.3 Å². The third kappa shape index (κ3) is 4.62. The van der Waals surface area contributed by atoms with Crippen LogP contribution < -0.4 is 5.32 Å². The minimum Gasteiger partial charge on any atom is -0.308 e. The molecule has 0 atom stereocenters. The van der Waals surface area contributed by atoms with Crippen LogP contribution in [0.25, 0.3) is 10.6 Å². The van der Waals surface area contributed by atoms with Crippen molar-refractivity contribution in [3.8, 4) is 10.6 Å². The Kier molecular flexibility index (Phi) is 5.93. The highest BCUT2D eigenvalue weighted by Crippen LogP contribution is 2.30. The van der Waals surface area contributed by atoms with Gasteiger partial charge in [-0.1, -0.05) is 29.3 Å². The van der Waals surface area contributed by atoms with Crippen molar-refractivity contribution in [1.82, 2.24) is 19.7 Å². The monoisotopic (exact) mass is 409 g/mol. The number of carbonyl (C=O) groups is 1. The van der Waals surface area contributed by atoms with E-state index in [1.165, 1.54) is 11.3 Å². The molecule has 2 heterocycles. The molecule has 136 valence electrons. The van der Waals surface area contributed by atoms with Crippen molar-refractivity contribution < 1.29 is 4.79 Å². The number of benzene rings is 1. The molecule has 26 heavy (non-hydrogen) atoms. The molecule has 2 aromatic heterocycles. The van der Waals surface area contributed by atoms with Gasteiger partial charge < -0.3 is 10.2 Å². The predicted molar refractivity (Wildman–Crippen MR) is 106 cm³/mol. The number of thiazole rings is 1. The molecule has 0 unspecified atom stereocenters. The second-order valence-electron chi connectivity index (χ2n) is 5.89. The van der Waals surface area contributed by atoms with Gasteiger partial charge in [0.05, 0.1) is 16.6 Å². The number of halogens is 2. The van der Waals surface area contributed by atoms with Crippen molar-refractivity contribution in [3.63, 3.8) is 0 Å². The second-order valence-corrected chi connectivity index (χ2v) is 7.56. The van der Waals surface area contributed by atoms with E-state index in [0.717, 1.165) is 18.7 Å². The first-order valence-electron chi connectivity index (χ1n) is 7.83. The number of aromatic nitrogens is 3. The Labute approximate surface area is 165 Å². The van der Waals surface area contributed by atoms with Crippen molar-refractivity contribution in [1.29, 1.82) is 0 Å². The zero-order valence-electron chi connectivity index (χ0n) is 14.2. The zero-order chi connectivity index (χ0) is 18.7. The van der Waals surface area contributed by atoms with Gasteiger partial charge >= 0.3 is 0 Å². The van der Waals surface area contributed by atoms with Crippen LogP contribution in [-0.4, -0.2) is 46.2 Å². The lowest BCUT2D eigenvalue weighted by Crippen LogP contribution is -2.19. The van der Waals surface area contributed by atoms with Gasteiger partial charge in [-0.3, -0.25) is 9.48 Å². The molecule has 0 fully saturated rings. The summed E-state index contributed by atoms with van der Waals surface area (Å²) in [4.78, 5) is 18.8. The molecular formula is C17H17Cl2N5OS. The van der Waals surface area contributed by atoms with Gasteiger partial charge in [-0.2, -0.15) is 5.10 Å². The average Bonchev–Trinajstić information content (AvgIpc) is 3.25. The number of anilines is 1. The molecule has 0 aliphatic carbocycles. The summed E-state index contributed by atoms with van der Waals surface area (Å²) in [6.07, 6.45) is 1.83. The van der Waals surface area contributed by atoms with Crippen LogP contribution in [0, 0.1) is 0 Å². The highest BCUT2D eigenvalue weighted by atomic mass is 35.5. The van der Waals surface area contributed by atoms with Crippen LogP contribution in [0.5, 0.6) is 0 Å². The van der Waals surface area contributed by atoms with Crippen LogP contribution in [-0.2, 0) is 6.54 Å². The van der Waals surface area contributed by atoms with E-state index < -0.39 is 0 Å². The van der Waals surface area contributed by atoms with E-state index in [-0.39, 0.29) is 5.91 Å². The minimum absolute atomic E-state index is 0.301. The second kappa shape index (κ2) is 8.18. The molecule has 9 heteroatoms. The Morgan fingerprint density at radius 2 is 2.08 bits per heavy atom. The Morgan fingerprint density at radius 3 is 2.81 bits per heavy atom. The lowest BCUT2D eigenvalue weighted by atomic mass is 10.2. The number of nitrogens with one attached hydrogen (secondary N) is 1. The van der Waals surface area contributed by atoms with Gasteiger partial charge in [0.2, 0.25) is 0 Å². The van der Waals surface area contributed by atoms with Gasteiger partial charge in [0.15, 0.2) is 5.82 Å². The molecule has 3 rings (SSSR count). The van der Waals surface area contributed by atoms with Crippen molar-refractivity contribution in [2.75, 3.05) is 26.0 Å². The Bertz CT molecular complexity index is 922. The summed E-state index contributed by atoms with van der Waals surface area (Å²) in [6.45, 7) is 1.62. The smallest absolute Gasteiger partial charge is 0.276 e. The summed E-state index contributed by atoms with van der Waals surface area (Å²) in [5.74, 6) is 0.197.